The highest BCUT2D eigenvalue weighted by Crippen LogP contribution is 2.14. The van der Waals surface area contributed by atoms with Gasteiger partial charge in [0.1, 0.15) is 5.69 Å². The molecule has 7 heteroatoms. The molecule has 2 N–H and O–H groups in total. The van der Waals surface area contributed by atoms with Crippen molar-refractivity contribution >= 4 is 23.2 Å². The number of nitrogens with zero attached hydrogens (tertiary/aromatic N) is 3. The molecule has 2 aromatic heterocycles. The minimum atomic E-state index is -0.411. The smallest absolute Gasteiger partial charge is 0.270 e. The van der Waals surface area contributed by atoms with Crippen molar-refractivity contribution in [3.8, 4) is 0 Å². The van der Waals surface area contributed by atoms with Gasteiger partial charge < -0.3 is 4.98 Å². The van der Waals surface area contributed by atoms with Crippen molar-refractivity contribution in [2.24, 2.45) is 5.10 Å². The number of amides is 1. The molecule has 0 atom stereocenters. The van der Waals surface area contributed by atoms with Crippen LogP contribution in [0, 0.1) is 13.8 Å². The molecule has 25 heavy (non-hydrogen) atoms. The van der Waals surface area contributed by atoms with Crippen LogP contribution in [0.25, 0.3) is 11.0 Å². The van der Waals surface area contributed by atoms with E-state index in [0.29, 0.717) is 11.0 Å². The molecule has 0 saturated carbocycles. The fraction of sp³-hybridized carbons (Fsp3) is 0.167. The maximum atomic E-state index is 12.1. The number of aryl methyl sites for hydroxylation is 2. The summed E-state index contributed by atoms with van der Waals surface area (Å²) in [5.74, 6) is -0.411. The van der Waals surface area contributed by atoms with Crippen LogP contribution >= 0.6 is 0 Å². The van der Waals surface area contributed by atoms with Crippen LogP contribution in [0.2, 0.25) is 0 Å². The molecule has 0 fully saturated rings. The van der Waals surface area contributed by atoms with E-state index in [9.17, 15) is 9.59 Å². The second-order valence-corrected chi connectivity index (χ2v) is 5.72. The molecule has 3 rings (SSSR count). The summed E-state index contributed by atoms with van der Waals surface area (Å²) >= 11 is 0. The Bertz CT molecular complexity index is 1010. The number of fused-ring (bicyclic) bond motifs is 1. The lowest BCUT2D eigenvalue weighted by molar-refractivity contribution is -0.120. The van der Waals surface area contributed by atoms with Crippen LogP contribution in [0.1, 0.15) is 22.4 Å². The number of hydrogen-bond acceptors (Lipinski definition) is 5. The van der Waals surface area contributed by atoms with Crippen LogP contribution in [0.4, 0.5) is 0 Å². The number of aromatic amines is 1. The van der Waals surface area contributed by atoms with E-state index in [1.807, 2.05) is 26.0 Å². The van der Waals surface area contributed by atoms with Crippen molar-refractivity contribution < 1.29 is 4.79 Å². The van der Waals surface area contributed by atoms with Gasteiger partial charge in [-0.3, -0.25) is 14.6 Å². The van der Waals surface area contributed by atoms with Gasteiger partial charge in [-0.15, -0.1) is 0 Å². The SMILES string of the molecule is Cc1cc2nc(CC(=O)N/N=C/c3ccncc3)c(=O)[nH]c2cc1C. The lowest BCUT2D eigenvalue weighted by Gasteiger charge is -2.05. The highest BCUT2D eigenvalue weighted by Gasteiger charge is 2.10. The normalized spacial score (nSPS) is 11.1. The second-order valence-electron chi connectivity index (χ2n) is 5.72. The first-order valence-corrected chi connectivity index (χ1v) is 7.75. The minimum absolute atomic E-state index is 0.147. The molecule has 0 radical (unpaired) electrons. The molecule has 0 aliphatic carbocycles. The highest BCUT2D eigenvalue weighted by atomic mass is 16.2. The maximum Gasteiger partial charge on any atom is 0.270 e. The number of H-pyrrole nitrogens is 1. The quantitative estimate of drug-likeness (QED) is 0.559. The average molecular weight is 335 g/mol. The van der Waals surface area contributed by atoms with Gasteiger partial charge in [-0.05, 0) is 54.8 Å². The fourth-order valence-electron chi connectivity index (χ4n) is 2.32. The number of carbonyl (C=O) groups is 1. The first kappa shape index (κ1) is 16.5. The third-order valence-electron chi connectivity index (χ3n) is 3.81. The molecule has 0 aliphatic heterocycles. The number of hydrogen-bond donors (Lipinski definition) is 2. The fourth-order valence-corrected chi connectivity index (χ4v) is 2.32. The van der Waals surface area contributed by atoms with E-state index >= 15 is 0 Å². The number of pyridine rings is 1. The summed E-state index contributed by atoms with van der Waals surface area (Å²) in [5, 5.41) is 3.86. The standard InChI is InChI=1S/C18H17N5O2/c1-11-7-14-15(8-12(11)2)22-18(25)16(21-14)9-17(24)23-20-10-13-3-5-19-6-4-13/h3-8,10H,9H2,1-2H3,(H,22,25)(H,23,24)/b20-10+. The summed E-state index contributed by atoms with van der Waals surface area (Å²) in [6.45, 7) is 3.94. The summed E-state index contributed by atoms with van der Waals surface area (Å²) in [7, 11) is 0. The Morgan fingerprint density at radius 2 is 1.96 bits per heavy atom. The van der Waals surface area contributed by atoms with Crippen LogP contribution in [0.15, 0.2) is 46.6 Å². The summed E-state index contributed by atoms with van der Waals surface area (Å²) in [6, 6.07) is 7.29. The number of aromatic nitrogens is 3. The number of carbonyl (C=O) groups excluding carboxylic acids is 1. The van der Waals surface area contributed by atoms with Crippen molar-refractivity contribution in [1.82, 2.24) is 20.4 Å². The first-order valence-electron chi connectivity index (χ1n) is 7.75. The number of rotatable bonds is 4. The van der Waals surface area contributed by atoms with Gasteiger partial charge >= 0.3 is 0 Å². The monoisotopic (exact) mass is 335 g/mol. The number of hydrazone groups is 1. The molecule has 0 spiro atoms. The molecule has 126 valence electrons. The minimum Gasteiger partial charge on any atom is -0.319 e. The van der Waals surface area contributed by atoms with E-state index in [1.165, 1.54) is 6.21 Å². The predicted molar refractivity (Wildman–Crippen MR) is 95.5 cm³/mol. The van der Waals surface area contributed by atoms with E-state index in [0.717, 1.165) is 16.7 Å². The van der Waals surface area contributed by atoms with Crippen LogP contribution in [-0.4, -0.2) is 27.1 Å². The van der Waals surface area contributed by atoms with Crippen molar-refractivity contribution in [3.63, 3.8) is 0 Å². The van der Waals surface area contributed by atoms with E-state index in [-0.39, 0.29) is 17.7 Å². The lowest BCUT2D eigenvalue weighted by Crippen LogP contribution is -2.25. The zero-order valence-electron chi connectivity index (χ0n) is 13.9. The van der Waals surface area contributed by atoms with Gasteiger partial charge in [0.25, 0.3) is 5.56 Å². The van der Waals surface area contributed by atoms with Crippen molar-refractivity contribution in [2.75, 3.05) is 0 Å². The van der Waals surface area contributed by atoms with Gasteiger partial charge in [0, 0.05) is 12.4 Å². The second kappa shape index (κ2) is 7.04. The third-order valence-corrected chi connectivity index (χ3v) is 3.81. The Kier molecular flexibility index (Phi) is 4.65. The molecular weight excluding hydrogens is 318 g/mol. The largest absolute Gasteiger partial charge is 0.319 e. The third kappa shape index (κ3) is 3.95. The Balaban J connectivity index is 1.74. The molecule has 1 amide bonds. The van der Waals surface area contributed by atoms with E-state index < -0.39 is 5.91 Å². The molecule has 7 nitrogen and oxygen atoms in total. The highest BCUT2D eigenvalue weighted by molar-refractivity contribution is 5.83. The molecule has 0 saturated heterocycles. The van der Waals surface area contributed by atoms with Gasteiger partial charge in [-0.25, -0.2) is 10.4 Å². The summed E-state index contributed by atoms with van der Waals surface area (Å²) in [4.78, 5) is 35.1. The Labute approximate surface area is 143 Å². The van der Waals surface area contributed by atoms with Gasteiger partial charge in [-0.1, -0.05) is 0 Å². The van der Waals surface area contributed by atoms with E-state index in [1.54, 1.807) is 24.5 Å². The van der Waals surface area contributed by atoms with Gasteiger partial charge in [0.15, 0.2) is 0 Å². The van der Waals surface area contributed by atoms with Crippen LogP contribution in [-0.2, 0) is 11.2 Å². The summed E-state index contributed by atoms with van der Waals surface area (Å²) < 4.78 is 0. The zero-order chi connectivity index (χ0) is 17.8. The van der Waals surface area contributed by atoms with Crippen molar-refractivity contribution in [3.05, 3.63) is 69.4 Å². The van der Waals surface area contributed by atoms with Crippen LogP contribution in [0.5, 0.6) is 0 Å². The number of benzene rings is 1. The molecule has 3 aromatic rings. The van der Waals surface area contributed by atoms with Crippen molar-refractivity contribution in [2.45, 2.75) is 20.3 Å². The average Bonchev–Trinajstić information content (AvgIpc) is 2.58. The Morgan fingerprint density at radius 1 is 1.24 bits per heavy atom. The van der Waals surface area contributed by atoms with E-state index in [4.69, 9.17) is 0 Å². The lowest BCUT2D eigenvalue weighted by atomic mass is 10.1. The molecule has 0 bridgehead atoms. The van der Waals surface area contributed by atoms with Crippen LogP contribution in [0.3, 0.4) is 0 Å². The molecular formula is C18H17N5O2. The molecule has 2 heterocycles. The molecule has 1 aromatic carbocycles. The molecule has 0 unspecified atom stereocenters. The van der Waals surface area contributed by atoms with Crippen LogP contribution < -0.4 is 11.0 Å². The van der Waals surface area contributed by atoms with Gasteiger partial charge in [0.05, 0.1) is 23.7 Å². The zero-order valence-corrected chi connectivity index (χ0v) is 13.9. The summed E-state index contributed by atoms with van der Waals surface area (Å²) in [5.41, 5.74) is 6.45. The maximum absolute atomic E-state index is 12.1. The Morgan fingerprint density at radius 3 is 2.72 bits per heavy atom. The predicted octanol–water partition coefficient (Wildman–Crippen LogP) is 1.63. The summed E-state index contributed by atoms with van der Waals surface area (Å²) in [6.07, 6.45) is 4.62. The van der Waals surface area contributed by atoms with E-state index in [2.05, 4.69) is 25.5 Å². The molecule has 0 aliphatic rings. The van der Waals surface area contributed by atoms with Crippen molar-refractivity contribution in [1.29, 1.82) is 0 Å². The Hall–Kier alpha value is -3.35. The first-order chi connectivity index (χ1) is 12.0. The van der Waals surface area contributed by atoms with Gasteiger partial charge in [-0.2, -0.15) is 5.10 Å². The topological polar surface area (TPSA) is 100 Å². The van der Waals surface area contributed by atoms with Gasteiger partial charge in [0.2, 0.25) is 5.91 Å². The number of nitrogens with one attached hydrogen (secondary N) is 2.